The van der Waals surface area contributed by atoms with Gasteiger partial charge in [0.05, 0.1) is 5.75 Å². The van der Waals surface area contributed by atoms with E-state index in [4.69, 9.17) is 0 Å². The maximum Gasteiger partial charge on any atom is 0.251 e. The van der Waals surface area contributed by atoms with Gasteiger partial charge in [0.1, 0.15) is 0 Å². The number of carbonyl (C=O) groups is 1. The van der Waals surface area contributed by atoms with Crippen LogP contribution < -0.4 is 10.0 Å². The van der Waals surface area contributed by atoms with Gasteiger partial charge >= 0.3 is 0 Å². The van der Waals surface area contributed by atoms with E-state index in [0.717, 1.165) is 12.8 Å². The van der Waals surface area contributed by atoms with Crippen LogP contribution in [0.1, 0.15) is 36.5 Å². The van der Waals surface area contributed by atoms with Crippen LogP contribution in [0.5, 0.6) is 0 Å². The summed E-state index contributed by atoms with van der Waals surface area (Å²) in [6.07, 6.45) is 2.60. The van der Waals surface area contributed by atoms with Crippen molar-refractivity contribution in [3.8, 4) is 0 Å². The number of anilines is 1. The third kappa shape index (κ3) is 4.24. The molecule has 6 heteroatoms. The predicted octanol–water partition coefficient (Wildman–Crippen LogP) is 1.73. The van der Waals surface area contributed by atoms with Gasteiger partial charge in [0.2, 0.25) is 10.0 Å². The van der Waals surface area contributed by atoms with Crippen LogP contribution in [0.3, 0.4) is 0 Å². The van der Waals surface area contributed by atoms with Crippen molar-refractivity contribution in [2.24, 2.45) is 0 Å². The second-order valence-corrected chi connectivity index (χ2v) is 6.59. The second kappa shape index (κ2) is 5.61. The topological polar surface area (TPSA) is 75.3 Å². The molecule has 5 nitrogen and oxygen atoms in total. The van der Waals surface area contributed by atoms with Gasteiger partial charge < -0.3 is 5.32 Å². The van der Waals surface area contributed by atoms with Gasteiger partial charge in [-0.2, -0.15) is 0 Å². The third-order valence-corrected chi connectivity index (χ3v) is 4.28. The van der Waals surface area contributed by atoms with Gasteiger partial charge in [0, 0.05) is 17.3 Å². The van der Waals surface area contributed by atoms with Gasteiger partial charge in [0.25, 0.3) is 5.91 Å². The van der Waals surface area contributed by atoms with E-state index >= 15 is 0 Å². The average Bonchev–Trinajstić information content (AvgIpc) is 3.12. The number of sulfonamides is 1. The molecule has 0 radical (unpaired) electrons. The van der Waals surface area contributed by atoms with E-state index in [1.165, 1.54) is 0 Å². The SMILES string of the molecule is CCCS(=O)(=O)Nc1cccc(C(=O)NC2CC2)c1. The van der Waals surface area contributed by atoms with E-state index in [0.29, 0.717) is 17.7 Å². The van der Waals surface area contributed by atoms with Crippen molar-refractivity contribution in [3.63, 3.8) is 0 Å². The largest absolute Gasteiger partial charge is 0.349 e. The molecule has 0 unspecified atom stereocenters. The Labute approximate surface area is 113 Å². The normalized spacial score (nSPS) is 15.0. The Hall–Kier alpha value is -1.56. The molecule has 1 aromatic rings. The van der Waals surface area contributed by atoms with Crippen LogP contribution in [-0.4, -0.2) is 26.1 Å². The Bertz CT molecular complexity index is 565. The van der Waals surface area contributed by atoms with Crippen molar-refractivity contribution in [2.75, 3.05) is 10.5 Å². The molecule has 0 heterocycles. The molecule has 2 N–H and O–H groups in total. The number of benzene rings is 1. The van der Waals surface area contributed by atoms with Crippen molar-refractivity contribution in [1.29, 1.82) is 0 Å². The molecule has 0 atom stereocenters. The van der Waals surface area contributed by atoms with Gasteiger partial charge in [-0.05, 0) is 37.5 Å². The fourth-order valence-corrected chi connectivity index (χ4v) is 2.85. The summed E-state index contributed by atoms with van der Waals surface area (Å²) in [5, 5.41) is 2.87. The molecule has 0 aromatic heterocycles. The molecule has 2 rings (SSSR count). The van der Waals surface area contributed by atoms with E-state index in [9.17, 15) is 13.2 Å². The summed E-state index contributed by atoms with van der Waals surface area (Å²) in [4.78, 5) is 11.9. The highest BCUT2D eigenvalue weighted by atomic mass is 32.2. The summed E-state index contributed by atoms with van der Waals surface area (Å²) < 4.78 is 25.8. The zero-order chi connectivity index (χ0) is 13.9. The molecule has 0 spiro atoms. The molecule has 104 valence electrons. The zero-order valence-corrected chi connectivity index (χ0v) is 11.7. The van der Waals surface area contributed by atoms with Gasteiger partial charge in [-0.25, -0.2) is 8.42 Å². The Morgan fingerprint density at radius 2 is 2.11 bits per heavy atom. The van der Waals surface area contributed by atoms with E-state index in [1.807, 2.05) is 0 Å². The van der Waals surface area contributed by atoms with E-state index in [1.54, 1.807) is 31.2 Å². The van der Waals surface area contributed by atoms with Crippen molar-refractivity contribution in [1.82, 2.24) is 5.32 Å². The first-order valence-corrected chi connectivity index (χ1v) is 8.07. The Morgan fingerprint density at radius 1 is 1.37 bits per heavy atom. The summed E-state index contributed by atoms with van der Waals surface area (Å²) in [6, 6.07) is 6.83. The van der Waals surface area contributed by atoms with Crippen LogP contribution in [0.4, 0.5) is 5.69 Å². The van der Waals surface area contributed by atoms with Crippen molar-refractivity contribution in [2.45, 2.75) is 32.2 Å². The molecule has 1 fully saturated rings. The van der Waals surface area contributed by atoms with Crippen LogP contribution in [0.2, 0.25) is 0 Å². The van der Waals surface area contributed by atoms with Gasteiger partial charge in [-0.3, -0.25) is 9.52 Å². The molecule has 1 saturated carbocycles. The minimum atomic E-state index is -3.32. The van der Waals surface area contributed by atoms with Crippen molar-refractivity contribution < 1.29 is 13.2 Å². The fourth-order valence-electron chi connectivity index (χ4n) is 1.72. The number of amides is 1. The number of rotatable bonds is 6. The van der Waals surface area contributed by atoms with E-state index < -0.39 is 10.0 Å². The lowest BCUT2D eigenvalue weighted by molar-refractivity contribution is 0.0951. The van der Waals surface area contributed by atoms with Crippen LogP contribution >= 0.6 is 0 Å². The monoisotopic (exact) mass is 282 g/mol. The molecule has 1 aliphatic rings. The highest BCUT2D eigenvalue weighted by molar-refractivity contribution is 7.92. The number of hydrogen-bond donors (Lipinski definition) is 2. The standard InChI is InChI=1S/C13H18N2O3S/c1-2-8-19(17,18)15-12-5-3-4-10(9-12)13(16)14-11-6-7-11/h3-5,9,11,15H,2,6-8H2,1H3,(H,14,16). The minimum Gasteiger partial charge on any atom is -0.349 e. The average molecular weight is 282 g/mol. The summed E-state index contributed by atoms with van der Waals surface area (Å²) in [5.41, 5.74) is 0.903. The van der Waals surface area contributed by atoms with Crippen LogP contribution in [0, 0.1) is 0 Å². The molecule has 1 amide bonds. The number of hydrogen-bond acceptors (Lipinski definition) is 3. The highest BCUT2D eigenvalue weighted by Crippen LogP contribution is 2.20. The summed E-state index contributed by atoms with van der Waals surface area (Å²) in [7, 11) is -3.32. The molecular formula is C13H18N2O3S. The molecule has 19 heavy (non-hydrogen) atoms. The maximum atomic E-state index is 11.9. The van der Waals surface area contributed by atoms with Crippen LogP contribution in [-0.2, 0) is 10.0 Å². The third-order valence-electron chi connectivity index (χ3n) is 2.78. The van der Waals surface area contributed by atoms with E-state index in [2.05, 4.69) is 10.0 Å². The predicted molar refractivity (Wildman–Crippen MR) is 74.6 cm³/mol. The zero-order valence-electron chi connectivity index (χ0n) is 10.8. The van der Waals surface area contributed by atoms with Gasteiger partial charge in [0.15, 0.2) is 0 Å². The number of nitrogens with one attached hydrogen (secondary N) is 2. The highest BCUT2D eigenvalue weighted by Gasteiger charge is 2.23. The summed E-state index contributed by atoms with van der Waals surface area (Å²) in [6.45, 7) is 1.80. The fraction of sp³-hybridized carbons (Fsp3) is 0.462. The first-order chi connectivity index (χ1) is 9.00. The Morgan fingerprint density at radius 3 is 2.74 bits per heavy atom. The lowest BCUT2D eigenvalue weighted by atomic mass is 10.2. The molecule has 1 aliphatic carbocycles. The van der Waals surface area contributed by atoms with Crippen molar-refractivity contribution in [3.05, 3.63) is 29.8 Å². The smallest absolute Gasteiger partial charge is 0.251 e. The van der Waals surface area contributed by atoms with Crippen molar-refractivity contribution >= 4 is 21.6 Å². The van der Waals surface area contributed by atoms with Crippen LogP contribution in [0.25, 0.3) is 0 Å². The Balaban J connectivity index is 2.08. The summed E-state index contributed by atoms with van der Waals surface area (Å²) >= 11 is 0. The first kappa shape index (κ1) is 13.9. The van der Waals surface area contributed by atoms with Gasteiger partial charge in [-0.15, -0.1) is 0 Å². The van der Waals surface area contributed by atoms with Crippen LogP contribution in [0.15, 0.2) is 24.3 Å². The lowest BCUT2D eigenvalue weighted by Crippen LogP contribution is -2.25. The molecular weight excluding hydrogens is 264 g/mol. The second-order valence-electron chi connectivity index (χ2n) is 4.75. The summed E-state index contributed by atoms with van der Waals surface area (Å²) in [5.74, 6) is -0.0788. The van der Waals surface area contributed by atoms with E-state index in [-0.39, 0.29) is 17.7 Å². The Kier molecular flexibility index (Phi) is 4.09. The maximum absolute atomic E-state index is 11.9. The molecule has 0 bridgehead atoms. The van der Waals surface area contributed by atoms with Gasteiger partial charge in [-0.1, -0.05) is 13.0 Å². The minimum absolute atomic E-state index is 0.0749. The quantitative estimate of drug-likeness (QED) is 0.834. The number of carbonyl (C=O) groups excluding carboxylic acids is 1. The lowest BCUT2D eigenvalue weighted by Gasteiger charge is -2.09. The molecule has 0 aliphatic heterocycles. The molecule has 1 aromatic carbocycles. The molecule has 0 saturated heterocycles. The first-order valence-electron chi connectivity index (χ1n) is 6.41.